The van der Waals surface area contributed by atoms with E-state index < -0.39 is 18.1 Å². The standard InChI is InChI=1S/C21H19NO5/c23-18-11-10-17(15-8-4-5-9-16(15)18)21(25)19(12-13-20(24)22-26)27-14-6-2-1-3-7-14/h1-13,19,21,23,25-26H,(H,22,24)/b13-12+/t19-,21-/m1/s1. The summed E-state index contributed by atoms with van der Waals surface area (Å²) in [5, 5.41) is 31.0. The summed E-state index contributed by atoms with van der Waals surface area (Å²) < 4.78 is 5.84. The molecule has 0 fully saturated rings. The Kier molecular flexibility index (Phi) is 5.71. The maximum Gasteiger partial charge on any atom is 0.267 e. The van der Waals surface area contributed by atoms with E-state index in [2.05, 4.69) is 0 Å². The van der Waals surface area contributed by atoms with E-state index in [4.69, 9.17) is 9.94 Å². The zero-order valence-electron chi connectivity index (χ0n) is 14.3. The lowest BCUT2D eigenvalue weighted by Gasteiger charge is -2.23. The molecular formula is C21H19NO5. The molecule has 27 heavy (non-hydrogen) atoms. The lowest BCUT2D eigenvalue weighted by atomic mass is 9.96. The van der Waals surface area contributed by atoms with Crippen molar-refractivity contribution in [3.05, 3.63) is 84.4 Å². The highest BCUT2D eigenvalue weighted by Gasteiger charge is 2.23. The minimum atomic E-state index is -1.13. The number of fused-ring (bicyclic) bond motifs is 1. The van der Waals surface area contributed by atoms with Crippen molar-refractivity contribution in [3.8, 4) is 11.5 Å². The van der Waals surface area contributed by atoms with E-state index >= 15 is 0 Å². The summed E-state index contributed by atoms with van der Waals surface area (Å²) in [6.45, 7) is 0. The Bertz CT molecular complexity index is 955. The summed E-state index contributed by atoms with van der Waals surface area (Å²) in [6, 6.07) is 19.1. The summed E-state index contributed by atoms with van der Waals surface area (Å²) in [6.07, 6.45) is 0.417. The van der Waals surface area contributed by atoms with E-state index in [0.717, 1.165) is 6.08 Å². The van der Waals surface area contributed by atoms with Gasteiger partial charge in [-0.15, -0.1) is 0 Å². The molecule has 6 heteroatoms. The van der Waals surface area contributed by atoms with Gasteiger partial charge >= 0.3 is 0 Å². The first-order valence-corrected chi connectivity index (χ1v) is 8.33. The van der Waals surface area contributed by atoms with Crippen molar-refractivity contribution in [2.75, 3.05) is 0 Å². The summed E-state index contributed by atoms with van der Waals surface area (Å²) >= 11 is 0. The number of aromatic hydroxyl groups is 1. The molecule has 0 aliphatic carbocycles. The molecule has 0 heterocycles. The number of aliphatic hydroxyl groups is 1. The van der Waals surface area contributed by atoms with E-state index in [-0.39, 0.29) is 5.75 Å². The third-order valence-corrected chi connectivity index (χ3v) is 4.13. The number of carbonyl (C=O) groups excluding carboxylic acids is 1. The van der Waals surface area contributed by atoms with Gasteiger partial charge in [0.05, 0.1) is 0 Å². The second kappa shape index (κ2) is 8.35. The highest BCUT2D eigenvalue weighted by molar-refractivity contribution is 5.91. The van der Waals surface area contributed by atoms with E-state index in [9.17, 15) is 15.0 Å². The zero-order valence-corrected chi connectivity index (χ0v) is 14.3. The van der Waals surface area contributed by atoms with E-state index in [1.165, 1.54) is 17.6 Å². The number of amides is 1. The maximum atomic E-state index is 11.4. The monoisotopic (exact) mass is 365 g/mol. The topological polar surface area (TPSA) is 99.0 Å². The fraction of sp³-hybridized carbons (Fsp3) is 0.0952. The molecule has 0 saturated carbocycles. The van der Waals surface area contributed by atoms with Crippen LogP contribution < -0.4 is 10.2 Å². The molecular weight excluding hydrogens is 346 g/mol. The van der Waals surface area contributed by atoms with Crippen LogP contribution >= 0.6 is 0 Å². The van der Waals surface area contributed by atoms with E-state index in [1.54, 1.807) is 54.6 Å². The molecule has 0 bridgehead atoms. The van der Waals surface area contributed by atoms with Gasteiger partial charge in [-0.1, -0.05) is 48.5 Å². The van der Waals surface area contributed by atoms with Gasteiger partial charge < -0.3 is 14.9 Å². The smallest absolute Gasteiger partial charge is 0.267 e. The molecule has 3 rings (SSSR count). The third kappa shape index (κ3) is 4.25. The quantitative estimate of drug-likeness (QED) is 0.306. The number of ether oxygens (including phenoxy) is 1. The van der Waals surface area contributed by atoms with Crippen LogP contribution in [-0.2, 0) is 4.79 Å². The molecule has 4 N–H and O–H groups in total. The van der Waals surface area contributed by atoms with Gasteiger partial charge in [-0.3, -0.25) is 10.0 Å². The molecule has 0 saturated heterocycles. The summed E-state index contributed by atoms with van der Waals surface area (Å²) in [5.74, 6) is -0.115. The van der Waals surface area contributed by atoms with Gasteiger partial charge in [-0.2, -0.15) is 0 Å². The fourth-order valence-electron chi connectivity index (χ4n) is 2.83. The van der Waals surface area contributed by atoms with Crippen LogP contribution in [0, 0.1) is 0 Å². The highest BCUT2D eigenvalue weighted by atomic mass is 16.5. The Balaban J connectivity index is 1.99. The van der Waals surface area contributed by atoms with Crippen molar-refractivity contribution < 1.29 is 25.0 Å². The normalized spacial score (nSPS) is 13.4. The van der Waals surface area contributed by atoms with Gasteiger partial charge in [0, 0.05) is 11.5 Å². The van der Waals surface area contributed by atoms with Gasteiger partial charge in [0.2, 0.25) is 0 Å². The number of phenols is 1. The Morgan fingerprint density at radius 2 is 1.63 bits per heavy atom. The van der Waals surface area contributed by atoms with Crippen molar-refractivity contribution in [2.45, 2.75) is 12.2 Å². The van der Waals surface area contributed by atoms with Crippen LogP contribution in [0.25, 0.3) is 10.8 Å². The second-order valence-electron chi connectivity index (χ2n) is 5.90. The van der Waals surface area contributed by atoms with Gasteiger partial charge in [-0.05, 0) is 35.2 Å². The Labute approximate surface area is 155 Å². The SMILES string of the molecule is O=C(/C=C/[C@@H](Oc1ccccc1)[C@H](O)c1ccc(O)c2ccccc12)NO. The number of hydrogen-bond acceptors (Lipinski definition) is 5. The number of rotatable bonds is 6. The molecule has 0 unspecified atom stereocenters. The maximum absolute atomic E-state index is 11.4. The van der Waals surface area contributed by atoms with Gasteiger partial charge in [0.15, 0.2) is 0 Å². The minimum Gasteiger partial charge on any atom is -0.507 e. The van der Waals surface area contributed by atoms with Crippen molar-refractivity contribution in [3.63, 3.8) is 0 Å². The largest absolute Gasteiger partial charge is 0.507 e. The third-order valence-electron chi connectivity index (χ3n) is 4.13. The van der Waals surface area contributed by atoms with Crippen LogP contribution in [0.3, 0.4) is 0 Å². The van der Waals surface area contributed by atoms with Crippen molar-refractivity contribution in [1.82, 2.24) is 5.48 Å². The highest BCUT2D eigenvalue weighted by Crippen LogP contribution is 2.33. The molecule has 0 aromatic heterocycles. The van der Waals surface area contributed by atoms with Crippen molar-refractivity contribution in [1.29, 1.82) is 0 Å². The first-order valence-electron chi connectivity index (χ1n) is 8.33. The second-order valence-corrected chi connectivity index (χ2v) is 5.90. The van der Waals surface area contributed by atoms with Crippen molar-refractivity contribution >= 4 is 16.7 Å². The minimum absolute atomic E-state index is 0.109. The number of hydrogen-bond donors (Lipinski definition) is 4. The Hall–Kier alpha value is -3.35. The van der Waals surface area contributed by atoms with Gasteiger partial charge in [0.25, 0.3) is 5.91 Å². The molecule has 0 aliphatic heterocycles. The molecule has 0 aliphatic rings. The van der Waals surface area contributed by atoms with Crippen LogP contribution in [0.2, 0.25) is 0 Å². The fourth-order valence-corrected chi connectivity index (χ4v) is 2.83. The summed E-state index contributed by atoms with van der Waals surface area (Å²) in [5.41, 5.74) is 2.04. The lowest BCUT2D eigenvalue weighted by Crippen LogP contribution is -2.25. The predicted molar refractivity (Wildman–Crippen MR) is 100 cm³/mol. The zero-order chi connectivity index (χ0) is 19.2. The summed E-state index contributed by atoms with van der Waals surface area (Å²) in [4.78, 5) is 11.4. The number of nitrogens with one attached hydrogen (secondary N) is 1. The van der Waals surface area contributed by atoms with Crippen LogP contribution in [-0.4, -0.2) is 27.4 Å². The van der Waals surface area contributed by atoms with Crippen LogP contribution in [0.15, 0.2) is 78.9 Å². The number of hydroxylamine groups is 1. The molecule has 2 atom stereocenters. The molecule has 6 nitrogen and oxygen atoms in total. The van der Waals surface area contributed by atoms with Crippen LogP contribution in [0.1, 0.15) is 11.7 Å². The van der Waals surface area contributed by atoms with E-state index in [0.29, 0.717) is 22.1 Å². The van der Waals surface area contributed by atoms with Crippen LogP contribution in [0.4, 0.5) is 0 Å². The number of phenolic OH excluding ortho intramolecular Hbond substituents is 1. The number of benzene rings is 3. The summed E-state index contributed by atoms with van der Waals surface area (Å²) in [7, 11) is 0. The molecule has 1 amide bonds. The van der Waals surface area contributed by atoms with Crippen LogP contribution in [0.5, 0.6) is 11.5 Å². The van der Waals surface area contributed by atoms with E-state index in [1.807, 2.05) is 6.07 Å². The first-order chi connectivity index (χ1) is 13.1. The number of aliphatic hydroxyl groups excluding tert-OH is 1. The van der Waals surface area contributed by atoms with Crippen molar-refractivity contribution in [2.24, 2.45) is 0 Å². The molecule has 138 valence electrons. The molecule has 0 spiro atoms. The molecule has 0 radical (unpaired) electrons. The Morgan fingerprint density at radius 1 is 0.963 bits per heavy atom. The first kappa shape index (κ1) is 18.4. The molecule has 3 aromatic rings. The molecule has 3 aromatic carbocycles. The number of para-hydroxylation sites is 1. The average Bonchev–Trinajstić information content (AvgIpc) is 2.71. The van der Waals surface area contributed by atoms with Gasteiger partial charge in [-0.25, -0.2) is 5.48 Å². The predicted octanol–water partition coefficient (Wildman–Crippen LogP) is 3.09. The lowest BCUT2D eigenvalue weighted by molar-refractivity contribution is -0.124. The Morgan fingerprint density at radius 3 is 2.33 bits per heavy atom. The number of carbonyl (C=O) groups is 1. The van der Waals surface area contributed by atoms with Gasteiger partial charge in [0.1, 0.15) is 23.7 Å². The average molecular weight is 365 g/mol.